The van der Waals surface area contributed by atoms with Crippen molar-refractivity contribution in [3.05, 3.63) is 60.4 Å². The molecule has 1 fully saturated rings. The van der Waals surface area contributed by atoms with Gasteiger partial charge < -0.3 is 30.3 Å². The minimum absolute atomic E-state index is 0.0302. The van der Waals surface area contributed by atoms with E-state index in [4.69, 9.17) is 4.74 Å². The molecule has 2 aromatic rings. The average Bonchev–Trinajstić information content (AvgIpc) is 2.87. The van der Waals surface area contributed by atoms with Gasteiger partial charge in [0.15, 0.2) is 0 Å². The summed E-state index contributed by atoms with van der Waals surface area (Å²) in [5.41, 5.74) is 1.00. The molecule has 9 nitrogen and oxygen atoms in total. The van der Waals surface area contributed by atoms with Gasteiger partial charge in [-0.15, -0.1) is 0 Å². The maximum atomic E-state index is 13.5. The minimum atomic E-state index is -0.515. The van der Waals surface area contributed by atoms with Crippen molar-refractivity contribution in [2.75, 3.05) is 31.6 Å². The van der Waals surface area contributed by atoms with E-state index in [1.54, 1.807) is 29.4 Å². The van der Waals surface area contributed by atoms with Gasteiger partial charge in [0.05, 0.1) is 24.5 Å². The summed E-state index contributed by atoms with van der Waals surface area (Å²) in [5, 5.41) is 16.2. The number of hydrogen-bond acceptors (Lipinski definition) is 6. The summed E-state index contributed by atoms with van der Waals surface area (Å²) >= 11 is 0. The number of rotatable bonds is 9. The highest BCUT2D eigenvalue weighted by Crippen LogP contribution is 2.29. The van der Waals surface area contributed by atoms with E-state index in [1.807, 2.05) is 51.1 Å². The Hall–Kier alpha value is -3.17. The Bertz CT molecular complexity index is 975. The van der Waals surface area contributed by atoms with E-state index in [0.29, 0.717) is 12.2 Å². The highest BCUT2D eigenvalue weighted by molar-refractivity contribution is 5.89. The van der Waals surface area contributed by atoms with Gasteiger partial charge in [-0.05, 0) is 64.7 Å². The lowest BCUT2D eigenvalue weighted by atomic mass is 9.97. The van der Waals surface area contributed by atoms with Gasteiger partial charge in [-0.2, -0.15) is 0 Å². The second kappa shape index (κ2) is 13.4. The van der Waals surface area contributed by atoms with Crippen LogP contribution in [-0.2, 0) is 4.74 Å². The SMILES string of the molecule is CC(CCNC(=O)OC(C)(C)C)N1CCC(N(C(=O)Nc2cccnc2)C(CO)c2ccccc2)CC1. The second-order valence-corrected chi connectivity index (χ2v) is 10.5. The molecule has 1 aromatic heterocycles. The summed E-state index contributed by atoms with van der Waals surface area (Å²) in [7, 11) is 0. The number of urea groups is 1. The van der Waals surface area contributed by atoms with Crippen LogP contribution in [0.4, 0.5) is 15.3 Å². The van der Waals surface area contributed by atoms with Crippen molar-refractivity contribution in [2.24, 2.45) is 0 Å². The zero-order valence-electron chi connectivity index (χ0n) is 22.4. The summed E-state index contributed by atoms with van der Waals surface area (Å²) in [6.07, 6.45) is 5.25. The second-order valence-electron chi connectivity index (χ2n) is 10.5. The number of nitrogens with one attached hydrogen (secondary N) is 2. The van der Waals surface area contributed by atoms with E-state index in [1.165, 1.54) is 0 Å². The maximum Gasteiger partial charge on any atom is 0.407 e. The average molecular weight is 512 g/mol. The lowest BCUT2D eigenvalue weighted by Gasteiger charge is -2.43. The van der Waals surface area contributed by atoms with Crippen molar-refractivity contribution < 1.29 is 19.4 Å². The molecule has 1 aliphatic rings. The molecule has 1 aliphatic heterocycles. The molecule has 3 N–H and O–H groups in total. The summed E-state index contributed by atoms with van der Waals surface area (Å²) < 4.78 is 5.31. The number of aliphatic hydroxyl groups is 1. The molecule has 3 amide bonds. The summed E-state index contributed by atoms with van der Waals surface area (Å²) in [4.78, 5) is 33.7. The van der Waals surface area contributed by atoms with Crippen molar-refractivity contribution >= 4 is 17.8 Å². The van der Waals surface area contributed by atoms with Crippen molar-refractivity contribution in [2.45, 2.75) is 70.7 Å². The number of carbonyl (C=O) groups excluding carboxylic acids is 2. The van der Waals surface area contributed by atoms with Gasteiger partial charge in [0.1, 0.15) is 5.60 Å². The van der Waals surface area contributed by atoms with Gasteiger partial charge in [0.25, 0.3) is 0 Å². The predicted octanol–water partition coefficient (Wildman–Crippen LogP) is 4.42. The number of anilines is 1. The van der Waals surface area contributed by atoms with Crippen molar-refractivity contribution in [1.29, 1.82) is 0 Å². The van der Waals surface area contributed by atoms with Crippen LogP contribution in [0.1, 0.15) is 58.6 Å². The zero-order chi connectivity index (χ0) is 26.8. The van der Waals surface area contributed by atoms with E-state index >= 15 is 0 Å². The first-order chi connectivity index (χ1) is 17.7. The van der Waals surface area contributed by atoms with E-state index in [9.17, 15) is 14.7 Å². The van der Waals surface area contributed by atoms with Gasteiger partial charge in [0, 0.05) is 37.9 Å². The molecule has 37 heavy (non-hydrogen) atoms. The number of carbonyl (C=O) groups is 2. The monoisotopic (exact) mass is 511 g/mol. The summed E-state index contributed by atoms with van der Waals surface area (Å²) in [5.74, 6) is 0. The highest BCUT2D eigenvalue weighted by Gasteiger charge is 2.34. The normalized spacial score (nSPS) is 16.5. The van der Waals surface area contributed by atoms with Gasteiger partial charge >= 0.3 is 12.1 Å². The first-order valence-corrected chi connectivity index (χ1v) is 13.0. The quantitative estimate of drug-likeness (QED) is 0.460. The third-order valence-electron chi connectivity index (χ3n) is 6.59. The number of nitrogens with zero attached hydrogens (tertiary/aromatic N) is 3. The molecule has 0 aliphatic carbocycles. The van der Waals surface area contributed by atoms with Crippen molar-refractivity contribution in [3.63, 3.8) is 0 Å². The molecule has 0 radical (unpaired) electrons. The van der Waals surface area contributed by atoms with Crippen LogP contribution in [-0.4, -0.2) is 75.9 Å². The fourth-order valence-electron chi connectivity index (χ4n) is 4.70. The van der Waals surface area contributed by atoms with E-state index in [0.717, 1.165) is 37.9 Å². The first-order valence-electron chi connectivity index (χ1n) is 13.0. The lowest BCUT2D eigenvalue weighted by molar-refractivity contribution is 0.0509. The Morgan fingerprint density at radius 2 is 1.86 bits per heavy atom. The number of likely N-dealkylation sites (tertiary alicyclic amines) is 1. The Balaban J connectivity index is 1.62. The predicted molar refractivity (Wildman–Crippen MR) is 144 cm³/mol. The first kappa shape index (κ1) is 28.4. The summed E-state index contributed by atoms with van der Waals surface area (Å²) in [6.45, 7) is 9.71. The molecule has 2 atom stereocenters. The molecule has 9 heteroatoms. The number of hydrogen-bond donors (Lipinski definition) is 3. The van der Waals surface area contributed by atoms with Crippen LogP contribution in [0.5, 0.6) is 0 Å². The number of benzene rings is 1. The Morgan fingerprint density at radius 3 is 2.46 bits per heavy atom. The number of alkyl carbamates (subject to hydrolysis) is 1. The van der Waals surface area contributed by atoms with Gasteiger partial charge in [-0.1, -0.05) is 30.3 Å². The molecule has 1 aromatic carbocycles. The van der Waals surface area contributed by atoms with Gasteiger partial charge in [-0.3, -0.25) is 4.98 Å². The standard InChI is InChI=1S/C28H41N5O4/c1-21(12-16-30-27(36)37-28(2,3)4)32-17-13-24(14-18-32)33(25(20-34)22-9-6-5-7-10-22)26(35)31-23-11-8-15-29-19-23/h5-11,15,19,21,24-25,34H,12-14,16-18,20H2,1-4H3,(H,30,36)(H,31,35). The molecule has 0 bridgehead atoms. The molecule has 3 rings (SSSR count). The number of ether oxygens (including phenoxy) is 1. The van der Waals surface area contributed by atoms with Crippen molar-refractivity contribution in [1.82, 2.24) is 20.1 Å². The van der Waals surface area contributed by atoms with E-state index < -0.39 is 17.7 Å². The van der Waals surface area contributed by atoms with Crippen LogP contribution in [0.15, 0.2) is 54.9 Å². The van der Waals surface area contributed by atoms with Crippen LogP contribution in [0, 0.1) is 0 Å². The Kier molecular flexibility index (Phi) is 10.3. The fourth-order valence-corrected chi connectivity index (χ4v) is 4.70. The zero-order valence-corrected chi connectivity index (χ0v) is 22.4. The number of piperidine rings is 1. The smallest absolute Gasteiger partial charge is 0.407 e. The minimum Gasteiger partial charge on any atom is -0.444 e. The summed E-state index contributed by atoms with van der Waals surface area (Å²) in [6, 6.07) is 12.8. The highest BCUT2D eigenvalue weighted by atomic mass is 16.6. The van der Waals surface area contributed by atoms with Crippen LogP contribution in [0.2, 0.25) is 0 Å². The Labute approximate surface area is 220 Å². The van der Waals surface area contributed by atoms with E-state index in [-0.39, 0.29) is 24.7 Å². The molecule has 2 unspecified atom stereocenters. The number of aliphatic hydroxyl groups excluding tert-OH is 1. The molecular weight excluding hydrogens is 470 g/mol. The molecule has 0 spiro atoms. The number of pyridine rings is 1. The molecule has 0 saturated carbocycles. The number of amides is 3. The van der Waals surface area contributed by atoms with Crippen LogP contribution in [0.25, 0.3) is 0 Å². The number of aromatic nitrogens is 1. The largest absolute Gasteiger partial charge is 0.444 e. The van der Waals surface area contributed by atoms with Gasteiger partial charge in [-0.25, -0.2) is 9.59 Å². The third kappa shape index (κ3) is 8.72. The van der Waals surface area contributed by atoms with Crippen molar-refractivity contribution in [3.8, 4) is 0 Å². The molecule has 202 valence electrons. The van der Waals surface area contributed by atoms with Crippen LogP contribution < -0.4 is 10.6 Å². The van der Waals surface area contributed by atoms with Crippen LogP contribution in [0.3, 0.4) is 0 Å². The van der Waals surface area contributed by atoms with E-state index in [2.05, 4.69) is 27.4 Å². The molecular formula is C28H41N5O4. The maximum absolute atomic E-state index is 13.5. The molecule has 2 heterocycles. The topological polar surface area (TPSA) is 107 Å². The molecule has 1 saturated heterocycles. The lowest BCUT2D eigenvalue weighted by Crippen LogP contribution is -2.52. The van der Waals surface area contributed by atoms with Gasteiger partial charge in [0.2, 0.25) is 0 Å². The Morgan fingerprint density at radius 1 is 1.16 bits per heavy atom. The third-order valence-corrected chi connectivity index (χ3v) is 6.59. The fraction of sp³-hybridized carbons (Fsp3) is 0.536. The van der Waals surface area contributed by atoms with Crippen LogP contribution >= 0.6 is 0 Å².